The van der Waals surface area contributed by atoms with Crippen LogP contribution in [0.5, 0.6) is 0 Å². The van der Waals surface area contributed by atoms with Gasteiger partial charge in [0.2, 0.25) is 5.91 Å². The Morgan fingerprint density at radius 2 is 2.40 bits per heavy atom. The number of amides is 1. The molecule has 0 saturated carbocycles. The zero-order chi connectivity index (χ0) is 17.4. The first-order valence-electron chi connectivity index (χ1n) is 7.94. The topological polar surface area (TPSA) is 100 Å². The predicted molar refractivity (Wildman–Crippen MR) is 98.1 cm³/mol. The fraction of sp³-hybridized carbons (Fsp3) is 0.375. The van der Waals surface area contributed by atoms with Crippen LogP contribution in [0.3, 0.4) is 0 Å². The number of hydrogen-bond acceptors (Lipinski definition) is 7. The van der Waals surface area contributed by atoms with Gasteiger partial charge in [-0.2, -0.15) is 0 Å². The van der Waals surface area contributed by atoms with E-state index in [1.807, 2.05) is 12.1 Å². The number of carbonyl (C=O) groups excluding carboxylic acids is 1. The number of nitrogens with zero attached hydrogens (tertiary/aromatic N) is 3. The Balaban J connectivity index is 1.87. The highest BCUT2D eigenvalue weighted by Crippen LogP contribution is 2.30. The molecule has 0 spiro atoms. The molecule has 0 aliphatic carbocycles. The van der Waals surface area contributed by atoms with E-state index in [0.29, 0.717) is 28.5 Å². The molecule has 130 valence electrons. The Labute approximate surface area is 151 Å². The molecule has 1 saturated heterocycles. The summed E-state index contributed by atoms with van der Waals surface area (Å²) in [4.78, 5) is 34.0. The van der Waals surface area contributed by atoms with Gasteiger partial charge >= 0.3 is 0 Å². The van der Waals surface area contributed by atoms with Crippen LogP contribution in [0.2, 0.25) is 0 Å². The van der Waals surface area contributed by atoms with E-state index in [1.165, 1.54) is 23.1 Å². The van der Waals surface area contributed by atoms with Crippen molar-refractivity contribution >= 4 is 49.4 Å². The summed E-state index contributed by atoms with van der Waals surface area (Å²) in [5.41, 5.74) is 5.79. The van der Waals surface area contributed by atoms with Crippen molar-refractivity contribution in [1.29, 1.82) is 0 Å². The summed E-state index contributed by atoms with van der Waals surface area (Å²) in [5, 5.41) is 1.35. The first-order chi connectivity index (χ1) is 12.1. The summed E-state index contributed by atoms with van der Waals surface area (Å²) in [6.07, 6.45) is 3.60. The minimum atomic E-state index is -0.445. The maximum atomic E-state index is 13.1. The molecule has 0 bridgehead atoms. The molecular weight excluding hydrogens is 360 g/mol. The van der Waals surface area contributed by atoms with Crippen LogP contribution in [0.4, 0.5) is 0 Å². The number of nitrogens with two attached hydrogens (primary N) is 1. The fourth-order valence-electron chi connectivity index (χ4n) is 2.94. The van der Waals surface area contributed by atoms with Crippen LogP contribution in [0.25, 0.3) is 20.4 Å². The van der Waals surface area contributed by atoms with Crippen LogP contribution in [-0.2, 0) is 16.1 Å². The molecule has 4 rings (SSSR count). The van der Waals surface area contributed by atoms with E-state index in [4.69, 9.17) is 10.5 Å². The van der Waals surface area contributed by atoms with E-state index in [-0.39, 0.29) is 17.4 Å². The maximum Gasteiger partial charge on any atom is 0.272 e. The lowest BCUT2D eigenvalue weighted by Crippen LogP contribution is -2.28. The van der Waals surface area contributed by atoms with Crippen LogP contribution in [0.15, 0.2) is 28.3 Å². The average Bonchev–Trinajstić information content (AvgIpc) is 3.23. The number of hydrogen-bond donors (Lipinski definition) is 1. The van der Waals surface area contributed by atoms with Gasteiger partial charge in [-0.1, -0.05) is 11.8 Å². The molecule has 3 aromatic rings. The zero-order valence-electron chi connectivity index (χ0n) is 13.3. The summed E-state index contributed by atoms with van der Waals surface area (Å²) < 4.78 is 7.86. The van der Waals surface area contributed by atoms with Crippen LogP contribution in [-0.4, -0.2) is 38.9 Å². The number of thiophene rings is 1. The van der Waals surface area contributed by atoms with Crippen molar-refractivity contribution in [2.24, 2.45) is 5.73 Å². The molecule has 1 aliphatic heterocycles. The van der Waals surface area contributed by atoms with Crippen LogP contribution < -0.4 is 11.3 Å². The minimum Gasteiger partial charge on any atom is -0.376 e. The summed E-state index contributed by atoms with van der Waals surface area (Å²) in [7, 11) is 0. The Kier molecular flexibility index (Phi) is 4.45. The molecule has 0 radical (unpaired) electrons. The fourth-order valence-corrected chi connectivity index (χ4v) is 4.71. The van der Waals surface area contributed by atoms with Gasteiger partial charge in [0.25, 0.3) is 5.56 Å². The summed E-state index contributed by atoms with van der Waals surface area (Å²) in [6, 6.07) is 3.73. The third-order valence-electron chi connectivity index (χ3n) is 4.07. The lowest BCUT2D eigenvalue weighted by Gasteiger charge is -2.15. The summed E-state index contributed by atoms with van der Waals surface area (Å²) in [5.74, 6) is -0.371. The minimum absolute atomic E-state index is 0.00242. The molecule has 1 atom stereocenters. The lowest BCUT2D eigenvalue weighted by atomic mass is 10.2. The number of ether oxygens (including phenoxy) is 1. The van der Waals surface area contributed by atoms with Gasteiger partial charge in [-0.25, -0.2) is 9.97 Å². The molecular formula is C16H16N4O3S2. The van der Waals surface area contributed by atoms with Gasteiger partial charge in [-0.15, -0.1) is 11.3 Å². The standard InChI is InChI=1S/C16H16N4O3S2/c17-11(21)8-24-16-19-12-10-4-1-5-18-14(10)25-13(12)15(22)20(16)7-9-3-2-6-23-9/h1,4-5,9H,2-3,6-8H2,(H2,17,21). The van der Waals surface area contributed by atoms with Crippen molar-refractivity contribution in [3.8, 4) is 0 Å². The van der Waals surface area contributed by atoms with E-state index in [1.54, 1.807) is 10.8 Å². The van der Waals surface area contributed by atoms with Crippen LogP contribution in [0.1, 0.15) is 12.8 Å². The van der Waals surface area contributed by atoms with Gasteiger partial charge in [0.1, 0.15) is 9.53 Å². The third kappa shape index (κ3) is 3.14. The largest absolute Gasteiger partial charge is 0.376 e. The van der Waals surface area contributed by atoms with Gasteiger partial charge in [-0.3, -0.25) is 14.2 Å². The number of pyridine rings is 1. The molecule has 0 aromatic carbocycles. The number of carbonyl (C=O) groups is 1. The number of aromatic nitrogens is 3. The Morgan fingerprint density at radius 3 is 3.16 bits per heavy atom. The highest BCUT2D eigenvalue weighted by Gasteiger charge is 2.22. The molecule has 3 aromatic heterocycles. The van der Waals surface area contributed by atoms with Crippen molar-refractivity contribution in [3.05, 3.63) is 28.7 Å². The van der Waals surface area contributed by atoms with E-state index in [9.17, 15) is 9.59 Å². The van der Waals surface area contributed by atoms with E-state index < -0.39 is 5.91 Å². The van der Waals surface area contributed by atoms with E-state index in [0.717, 1.165) is 23.1 Å². The molecule has 1 amide bonds. The van der Waals surface area contributed by atoms with Crippen molar-refractivity contribution in [3.63, 3.8) is 0 Å². The molecule has 1 unspecified atom stereocenters. The highest BCUT2D eigenvalue weighted by molar-refractivity contribution is 7.99. The maximum absolute atomic E-state index is 13.1. The zero-order valence-corrected chi connectivity index (χ0v) is 14.9. The van der Waals surface area contributed by atoms with Crippen molar-refractivity contribution in [2.75, 3.05) is 12.4 Å². The molecule has 1 fully saturated rings. The van der Waals surface area contributed by atoms with Crippen molar-refractivity contribution in [1.82, 2.24) is 14.5 Å². The molecule has 1 aliphatic rings. The van der Waals surface area contributed by atoms with Crippen LogP contribution in [0, 0.1) is 0 Å². The van der Waals surface area contributed by atoms with Gasteiger partial charge in [0.05, 0.1) is 23.9 Å². The van der Waals surface area contributed by atoms with Crippen LogP contribution >= 0.6 is 23.1 Å². The second-order valence-corrected chi connectivity index (χ2v) is 7.78. The highest BCUT2D eigenvalue weighted by atomic mass is 32.2. The molecule has 9 heteroatoms. The molecule has 25 heavy (non-hydrogen) atoms. The predicted octanol–water partition coefficient (Wildman–Crippen LogP) is 1.76. The Hall–Kier alpha value is -1.97. The Bertz CT molecular complexity index is 1010. The number of primary amides is 1. The SMILES string of the molecule is NC(=O)CSc1nc2c(sc3ncccc32)c(=O)n1CC1CCCO1. The second-order valence-electron chi connectivity index (χ2n) is 5.84. The average molecular weight is 376 g/mol. The number of rotatable bonds is 5. The summed E-state index contributed by atoms with van der Waals surface area (Å²) in [6.45, 7) is 1.15. The van der Waals surface area contributed by atoms with Gasteiger partial charge < -0.3 is 10.5 Å². The van der Waals surface area contributed by atoms with Gasteiger partial charge in [0, 0.05) is 18.2 Å². The first-order valence-corrected chi connectivity index (χ1v) is 9.74. The number of fused-ring (bicyclic) bond motifs is 3. The first kappa shape index (κ1) is 16.5. The third-order valence-corrected chi connectivity index (χ3v) is 6.16. The van der Waals surface area contributed by atoms with Crippen molar-refractivity contribution in [2.45, 2.75) is 30.6 Å². The van der Waals surface area contributed by atoms with Gasteiger partial charge in [0.15, 0.2) is 5.16 Å². The summed E-state index contributed by atoms with van der Waals surface area (Å²) >= 11 is 2.53. The number of thioether (sulfide) groups is 1. The van der Waals surface area contributed by atoms with Crippen molar-refractivity contribution < 1.29 is 9.53 Å². The monoisotopic (exact) mass is 376 g/mol. The smallest absolute Gasteiger partial charge is 0.272 e. The molecule has 4 heterocycles. The van der Waals surface area contributed by atoms with E-state index >= 15 is 0 Å². The van der Waals surface area contributed by atoms with E-state index in [2.05, 4.69) is 9.97 Å². The normalized spacial score (nSPS) is 17.5. The molecule has 2 N–H and O–H groups in total. The lowest BCUT2D eigenvalue weighted by molar-refractivity contribution is -0.115. The van der Waals surface area contributed by atoms with Gasteiger partial charge in [-0.05, 0) is 25.0 Å². The molecule has 7 nitrogen and oxygen atoms in total. The Morgan fingerprint density at radius 1 is 1.52 bits per heavy atom. The second kappa shape index (κ2) is 6.74. The quantitative estimate of drug-likeness (QED) is 0.538.